The Kier molecular flexibility index (Phi) is 5.68. The van der Waals surface area contributed by atoms with E-state index < -0.39 is 11.2 Å². The zero-order chi connectivity index (χ0) is 22.0. The van der Waals surface area contributed by atoms with E-state index in [1.165, 1.54) is 28.0 Å². The second-order valence-electron chi connectivity index (χ2n) is 7.07. The molecule has 0 aliphatic rings. The Labute approximate surface area is 181 Å². The largest absolute Gasteiger partial charge is 0.383 e. The molecule has 2 heterocycles. The van der Waals surface area contributed by atoms with Crippen molar-refractivity contribution in [2.75, 3.05) is 17.7 Å². The van der Waals surface area contributed by atoms with Gasteiger partial charge < -0.3 is 10.6 Å². The highest BCUT2D eigenvalue weighted by Crippen LogP contribution is 2.25. The third-order valence-electron chi connectivity index (χ3n) is 4.82. The number of nitrogens with zero attached hydrogens (tertiary/aromatic N) is 3. The highest BCUT2D eigenvalue weighted by Gasteiger charge is 2.18. The summed E-state index contributed by atoms with van der Waals surface area (Å²) in [4.78, 5) is 33.5. The number of hydrogen-bond acceptors (Lipinski definition) is 6. The molecule has 2 aromatic heterocycles. The van der Waals surface area contributed by atoms with Crippen molar-refractivity contribution in [3.05, 3.63) is 97.9 Å². The van der Waals surface area contributed by atoms with E-state index >= 15 is 0 Å². The first kappa shape index (κ1) is 20.5. The number of aromatic amines is 1. The molecule has 3 N–H and O–H groups in total. The van der Waals surface area contributed by atoms with Gasteiger partial charge in [-0.05, 0) is 29.8 Å². The molecule has 0 unspecified atom stereocenters. The Hall–Kier alpha value is -3.72. The third kappa shape index (κ3) is 4.41. The van der Waals surface area contributed by atoms with Crippen LogP contribution in [0.1, 0.15) is 11.3 Å². The fourth-order valence-electron chi connectivity index (χ4n) is 3.30. The highest BCUT2D eigenvalue weighted by atomic mass is 32.1. The number of H-pyrrole nitrogens is 1. The quantitative estimate of drug-likeness (QED) is 0.483. The maximum atomic E-state index is 13.1. The summed E-state index contributed by atoms with van der Waals surface area (Å²) in [5.41, 5.74) is 7.77. The molecule has 0 fully saturated rings. The molecule has 9 heteroatoms. The summed E-state index contributed by atoms with van der Waals surface area (Å²) < 4.78 is 14.5. The van der Waals surface area contributed by atoms with Gasteiger partial charge in [-0.1, -0.05) is 30.3 Å². The Morgan fingerprint density at radius 2 is 1.84 bits per heavy atom. The van der Waals surface area contributed by atoms with Gasteiger partial charge in [-0.15, -0.1) is 11.3 Å². The van der Waals surface area contributed by atoms with Crippen molar-refractivity contribution in [1.82, 2.24) is 14.5 Å². The van der Waals surface area contributed by atoms with Crippen LogP contribution in [0.5, 0.6) is 0 Å². The van der Waals surface area contributed by atoms with Crippen LogP contribution in [-0.2, 0) is 13.1 Å². The number of nitrogens with one attached hydrogen (secondary N) is 1. The average Bonchev–Trinajstić information content (AvgIpc) is 3.20. The number of aromatic nitrogens is 3. The smallest absolute Gasteiger partial charge is 0.330 e. The second kappa shape index (κ2) is 8.57. The van der Waals surface area contributed by atoms with Crippen molar-refractivity contribution in [2.24, 2.45) is 0 Å². The Morgan fingerprint density at radius 1 is 1.13 bits per heavy atom. The van der Waals surface area contributed by atoms with Crippen LogP contribution < -0.4 is 21.9 Å². The zero-order valence-corrected chi connectivity index (χ0v) is 17.5. The molecule has 0 radical (unpaired) electrons. The summed E-state index contributed by atoms with van der Waals surface area (Å²) in [5.74, 6) is -0.213. The van der Waals surface area contributed by atoms with E-state index in [2.05, 4.69) is 9.97 Å². The number of thiazole rings is 1. The van der Waals surface area contributed by atoms with Crippen molar-refractivity contribution in [1.29, 1.82) is 0 Å². The van der Waals surface area contributed by atoms with Gasteiger partial charge in [0, 0.05) is 18.0 Å². The molecular formula is C22H20FN5O2S. The van der Waals surface area contributed by atoms with Gasteiger partial charge in [0.25, 0.3) is 5.56 Å². The average molecular weight is 438 g/mol. The molecule has 0 aliphatic carbocycles. The van der Waals surface area contributed by atoms with E-state index in [4.69, 9.17) is 5.73 Å². The maximum Gasteiger partial charge on any atom is 0.330 e. The van der Waals surface area contributed by atoms with Crippen LogP contribution in [0, 0.1) is 5.82 Å². The van der Waals surface area contributed by atoms with Gasteiger partial charge in [-0.2, -0.15) is 0 Å². The highest BCUT2D eigenvalue weighted by molar-refractivity contribution is 7.13. The van der Waals surface area contributed by atoms with Crippen LogP contribution in [0.25, 0.3) is 10.6 Å². The van der Waals surface area contributed by atoms with Crippen molar-refractivity contribution in [3.63, 3.8) is 0 Å². The van der Waals surface area contributed by atoms with Gasteiger partial charge in [-0.25, -0.2) is 14.2 Å². The number of nitrogens with two attached hydrogens (primary N) is 1. The Morgan fingerprint density at radius 3 is 2.55 bits per heavy atom. The first-order valence-corrected chi connectivity index (χ1v) is 10.4. The van der Waals surface area contributed by atoms with Gasteiger partial charge in [0.15, 0.2) is 0 Å². The summed E-state index contributed by atoms with van der Waals surface area (Å²) in [6, 6.07) is 15.5. The summed E-state index contributed by atoms with van der Waals surface area (Å²) in [7, 11) is 1.72. The van der Waals surface area contributed by atoms with Crippen LogP contribution >= 0.6 is 11.3 Å². The summed E-state index contributed by atoms with van der Waals surface area (Å²) >= 11 is 1.43. The normalized spacial score (nSPS) is 10.9. The monoisotopic (exact) mass is 437 g/mol. The molecule has 4 aromatic rings. The lowest BCUT2D eigenvalue weighted by molar-refractivity contribution is 0.628. The van der Waals surface area contributed by atoms with Gasteiger partial charge in [-0.3, -0.25) is 14.3 Å². The van der Waals surface area contributed by atoms with E-state index in [0.29, 0.717) is 6.54 Å². The third-order valence-corrected chi connectivity index (χ3v) is 5.76. The lowest BCUT2D eigenvalue weighted by Gasteiger charge is -2.21. The fraction of sp³-hybridized carbons (Fsp3) is 0.136. The Balaban J connectivity index is 1.61. The van der Waals surface area contributed by atoms with Crippen molar-refractivity contribution >= 4 is 22.8 Å². The van der Waals surface area contributed by atoms with E-state index in [9.17, 15) is 14.0 Å². The van der Waals surface area contributed by atoms with Crippen LogP contribution in [-0.4, -0.2) is 21.6 Å². The molecule has 4 rings (SSSR count). The van der Waals surface area contributed by atoms with Gasteiger partial charge in [0.05, 0.1) is 18.8 Å². The summed E-state index contributed by atoms with van der Waals surface area (Å²) in [6.07, 6.45) is 0. The molecule has 0 spiro atoms. The number of anilines is 2. The molecule has 0 aliphatic heterocycles. The molecule has 7 nitrogen and oxygen atoms in total. The van der Waals surface area contributed by atoms with Gasteiger partial charge >= 0.3 is 5.69 Å². The Bertz CT molecular complexity index is 1310. The number of hydrogen-bond donors (Lipinski definition) is 2. The first-order valence-electron chi connectivity index (χ1n) is 9.50. The standard InChI is InChI=1S/C22H20FN5O2S/c1-27(12-17-13-31-21(25-17)15-7-9-16(23)10-8-15)18-19(24)28(22(30)26-20(18)29)11-14-5-3-2-4-6-14/h2-10,13H,11-12,24H2,1H3,(H,26,29,30). The van der Waals surface area contributed by atoms with Crippen LogP contribution in [0.4, 0.5) is 15.9 Å². The molecular weight excluding hydrogens is 417 g/mol. The van der Waals surface area contributed by atoms with Gasteiger partial charge in [0.1, 0.15) is 22.3 Å². The van der Waals surface area contributed by atoms with Crippen molar-refractivity contribution in [2.45, 2.75) is 13.1 Å². The molecule has 31 heavy (non-hydrogen) atoms. The second-order valence-corrected chi connectivity index (χ2v) is 7.93. The van der Waals surface area contributed by atoms with Gasteiger partial charge in [0.2, 0.25) is 0 Å². The van der Waals surface area contributed by atoms with Crippen molar-refractivity contribution < 1.29 is 4.39 Å². The minimum atomic E-state index is -0.559. The maximum absolute atomic E-state index is 13.1. The van der Waals surface area contributed by atoms with Crippen LogP contribution in [0.2, 0.25) is 0 Å². The first-order chi connectivity index (χ1) is 14.9. The molecule has 0 bridgehead atoms. The predicted octanol–water partition coefficient (Wildman–Crippen LogP) is 3.07. The van der Waals surface area contributed by atoms with E-state index in [0.717, 1.165) is 21.8 Å². The molecule has 0 amide bonds. The molecule has 158 valence electrons. The number of nitrogen functional groups attached to an aromatic ring is 1. The number of rotatable bonds is 6. The fourth-order valence-corrected chi connectivity index (χ4v) is 4.11. The topological polar surface area (TPSA) is 97.0 Å². The number of benzene rings is 2. The van der Waals surface area contributed by atoms with Crippen LogP contribution in [0.3, 0.4) is 0 Å². The van der Waals surface area contributed by atoms with E-state index in [1.807, 2.05) is 35.7 Å². The van der Waals surface area contributed by atoms with E-state index in [-0.39, 0.29) is 23.9 Å². The molecule has 2 aromatic carbocycles. The lowest BCUT2D eigenvalue weighted by atomic mass is 10.2. The minimum absolute atomic E-state index is 0.0918. The van der Waals surface area contributed by atoms with Crippen molar-refractivity contribution in [3.8, 4) is 10.6 Å². The summed E-state index contributed by atoms with van der Waals surface area (Å²) in [6.45, 7) is 0.559. The number of halogens is 1. The molecule has 0 atom stereocenters. The molecule has 0 saturated carbocycles. The molecule has 0 saturated heterocycles. The summed E-state index contributed by atoms with van der Waals surface area (Å²) in [5, 5.41) is 2.62. The predicted molar refractivity (Wildman–Crippen MR) is 121 cm³/mol. The lowest BCUT2D eigenvalue weighted by Crippen LogP contribution is -2.37. The zero-order valence-electron chi connectivity index (χ0n) is 16.7. The SMILES string of the molecule is CN(Cc1csc(-c2ccc(F)cc2)n1)c1c(N)n(Cc2ccccc2)c(=O)[nH]c1=O. The van der Waals surface area contributed by atoms with Crippen LogP contribution in [0.15, 0.2) is 69.6 Å². The van der Waals surface area contributed by atoms with E-state index in [1.54, 1.807) is 24.1 Å². The minimum Gasteiger partial charge on any atom is -0.383 e.